The van der Waals surface area contributed by atoms with E-state index < -0.39 is 0 Å². The minimum atomic E-state index is 0.422. The van der Waals surface area contributed by atoms with Crippen molar-refractivity contribution >= 4 is 17.4 Å². The summed E-state index contributed by atoms with van der Waals surface area (Å²) >= 11 is 5.79. The van der Waals surface area contributed by atoms with Crippen LogP contribution in [0.4, 0.5) is 5.82 Å². The second-order valence-corrected chi connectivity index (χ2v) is 4.05. The van der Waals surface area contributed by atoms with Crippen molar-refractivity contribution in [1.29, 1.82) is 0 Å². The van der Waals surface area contributed by atoms with Gasteiger partial charge in [0.25, 0.3) is 0 Å². The Bertz CT molecular complexity index is 288. The molecule has 0 fully saturated rings. The van der Waals surface area contributed by atoms with Gasteiger partial charge in [0.1, 0.15) is 11.0 Å². The molecule has 1 aromatic heterocycles. The number of nitrogens with zero attached hydrogens (tertiary/aromatic N) is 1. The normalized spacial score (nSPS) is 14.9. The molecule has 3 heteroatoms. The maximum atomic E-state index is 5.79. The molecule has 0 aliphatic carbocycles. The van der Waals surface area contributed by atoms with Gasteiger partial charge in [0, 0.05) is 6.04 Å². The molecule has 1 heterocycles. The molecule has 0 saturated heterocycles. The average Bonchev–Trinajstić information content (AvgIpc) is 2.16. The summed E-state index contributed by atoms with van der Waals surface area (Å²) in [5.74, 6) is 1.49. The van der Waals surface area contributed by atoms with Crippen molar-refractivity contribution < 1.29 is 0 Å². The fraction of sp³-hybridized carbons (Fsp3) is 0.545. The number of hydrogen-bond acceptors (Lipinski definition) is 2. The van der Waals surface area contributed by atoms with E-state index in [1.165, 1.54) is 0 Å². The summed E-state index contributed by atoms with van der Waals surface area (Å²) in [5, 5.41) is 3.87. The van der Waals surface area contributed by atoms with Gasteiger partial charge in [-0.2, -0.15) is 0 Å². The molecule has 0 aliphatic heterocycles. The zero-order chi connectivity index (χ0) is 10.6. The largest absolute Gasteiger partial charge is 0.367 e. The van der Waals surface area contributed by atoms with E-state index in [2.05, 4.69) is 31.1 Å². The SMILES string of the molecule is CCC(C)C(C)Nc1cccc(Cl)n1. The predicted molar refractivity (Wildman–Crippen MR) is 61.8 cm³/mol. The molecule has 0 amide bonds. The van der Waals surface area contributed by atoms with E-state index in [4.69, 9.17) is 11.6 Å². The molecule has 0 bridgehead atoms. The van der Waals surface area contributed by atoms with Crippen molar-refractivity contribution in [2.24, 2.45) is 5.92 Å². The lowest BCUT2D eigenvalue weighted by atomic mass is 10.0. The highest BCUT2D eigenvalue weighted by molar-refractivity contribution is 6.29. The van der Waals surface area contributed by atoms with Gasteiger partial charge in [-0.3, -0.25) is 0 Å². The summed E-state index contributed by atoms with van der Waals surface area (Å²) in [4.78, 5) is 4.18. The Morgan fingerprint density at radius 2 is 2.14 bits per heavy atom. The van der Waals surface area contributed by atoms with E-state index in [0.29, 0.717) is 17.1 Å². The van der Waals surface area contributed by atoms with E-state index in [9.17, 15) is 0 Å². The summed E-state index contributed by atoms with van der Waals surface area (Å²) < 4.78 is 0. The lowest BCUT2D eigenvalue weighted by Crippen LogP contribution is -2.23. The van der Waals surface area contributed by atoms with E-state index in [0.717, 1.165) is 12.2 Å². The maximum Gasteiger partial charge on any atom is 0.131 e. The van der Waals surface area contributed by atoms with Gasteiger partial charge in [-0.1, -0.05) is 37.9 Å². The monoisotopic (exact) mass is 212 g/mol. The number of halogens is 1. The third-order valence-corrected chi connectivity index (χ3v) is 2.80. The van der Waals surface area contributed by atoms with Gasteiger partial charge in [-0.25, -0.2) is 4.98 Å². The van der Waals surface area contributed by atoms with E-state index in [1.54, 1.807) is 6.07 Å². The first-order valence-electron chi connectivity index (χ1n) is 5.02. The standard InChI is InChI=1S/C11H17ClN2/c1-4-8(2)9(3)13-11-7-5-6-10(12)14-11/h5-9H,4H2,1-3H3,(H,13,14). The van der Waals surface area contributed by atoms with Crippen LogP contribution >= 0.6 is 11.6 Å². The van der Waals surface area contributed by atoms with Crippen LogP contribution < -0.4 is 5.32 Å². The molecule has 78 valence electrons. The third-order valence-electron chi connectivity index (χ3n) is 2.59. The Labute approximate surface area is 90.7 Å². The Hall–Kier alpha value is -0.760. The molecule has 2 nitrogen and oxygen atoms in total. The van der Waals surface area contributed by atoms with Gasteiger partial charge in [0.2, 0.25) is 0 Å². The zero-order valence-electron chi connectivity index (χ0n) is 8.92. The number of anilines is 1. The maximum absolute atomic E-state index is 5.79. The average molecular weight is 213 g/mol. The Kier molecular flexibility index (Phi) is 4.21. The summed E-state index contributed by atoms with van der Waals surface area (Å²) in [6, 6.07) is 6.04. The Balaban J connectivity index is 2.60. The van der Waals surface area contributed by atoms with E-state index in [-0.39, 0.29) is 0 Å². The van der Waals surface area contributed by atoms with E-state index >= 15 is 0 Å². The summed E-state index contributed by atoms with van der Waals surface area (Å²) in [6.07, 6.45) is 1.16. The molecule has 0 saturated carbocycles. The van der Waals surface area contributed by atoms with E-state index in [1.807, 2.05) is 12.1 Å². The molecule has 14 heavy (non-hydrogen) atoms. The smallest absolute Gasteiger partial charge is 0.131 e. The second-order valence-electron chi connectivity index (χ2n) is 3.66. The molecule has 1 rings (SSSR count). The van der Waals surface area contributed by atoms with Crippen LogP contribution in [0.2, 0.25) is 5.15 Å². The molecule has 0 radical (unpaired) electrons. The number of hydrogen-bond donors (Lipinski definition) is 1. The van der Waals surface area contributed by atoms with Crippen molar-refractivity contribution in [3.05, 3.63) is 23.4 Å². The second kappa shape index (κ2) is 5.20. The predicted octanol–water partition coefficient (Wildman–Crippen LogP) is 3.58. The highest BCUT2D eigenvalue weighted by Crippen LogP contribution is 2.14. The van der Waals surface area contributed by atoms with Crippen LogP contribution in [0, 0.1) is 5.92 Å². The highest BCUT2D eigenvalue weighted by Gasteiger charge is 2.09. The van der Waals surface area contributed by atoms with Gasteiger partial charge < -0.3 is 5.32 Å². The van der Waals surface area contributed by atoms with Crippen LogP contribution in [0.1, 0.15) is 27.2 Å². The zero-order valence-corrected chi connectivity index (χ0v) is 9.67. The third kappa shape index (κ3) is 3.18. The van der Waals surface area contributed by atoms with Crippen molar-refractivity contribution in [1.82, 2.24) is 4.98 Å². The first-order chi connectivity index (χ1) is 6.63. The fourth-order valence-electron chi connectivity index (χ4n) is 1.22. The highest BCUT2D eigenvalue weighted by atomic mass is 35.5. The van der Waals surface area contributed by atoms with Gasteiger partial charge in [-0.15, -0.1) is 0 Å². The van der Waals surface area contributed by atoms with Crippen molar-refractivity contribution in [3.63, 3.8) is 0 Å². The Morgan fingerprint density at radius 3 is 2.71 bits per heavy atom. The summed E-state index contributed by atoms with van der Waals surface area (Å²) in [5.41, 5.74) is 0. The van der Waals surface area contributed by atoms with Crippen LogP contribution in [0.3, 0.4) is 0 Å². The van der Waals surface area contributed by atoms with Gasteiger partial charge in [0.05, 0.1) is 0 Å². The molecule has 0 aliphatic rings. The first-order valence-corrected chi connectivity index (χ1v) is 5.40. The van der Waals surface area contributed by atoms with Gasteiger partial charge >= 0.3 is 0 Å². The lowest BCUT2D eigenvalue weighted by Gasteiger charge is -2.20. The lowest BCUT2D eigenvalue weighted by molar-refractivity contribution is 0.493. The topological polar surface area (TPSA) is 24.9 Å². The van der Waals surface area contributed by atoms with Crippen LogP contribution in [0.15, 0.2) is 18.2 Å². The number of pyridine rings is 1. The minimum Gasteiger partial charge on any atom is -0.367 e. The molecule has 0 spiro atoms. The molecular weight excluding hydrogens is 196 g/mol. The van der Waals surface area contributed by atoms with Crippen LogP contribution in [0.5, 0.6) is 0 Å². The first kappa shape index (κ1) is 11.3. The quantitative estimate of drug-likeness (QED) is 0.772. The molecular formula is C11H17ClN2. The van der Waals surface area contributed by atoms with Crippen molar-refractivity contribution in [2.45, 2.75) is 33.2 Å². The molecule has 2 unspecified atom stereocenters. The molecule has 0 aromatic carbocycles. The van der Waals surface area contributed by atoms with Crippen molar-refractivity contribution in [2.75, 3.05) is 5.32 Å². The molecule has 1 N–H and O–H groups in total. The van der Waals surface area contributed by atoms with Crippen LogP contribution in [0.25, 0.3) is 0 Å². The molecule has 2 atom stereocenters. The Morgan fingerprint density at radius 1 is 1.43 bits per heavy atom. The fourth-order valence-corrected chi connectivity index (χ4v) is 1.38. The number of aromatic nitrogens is 1. The van der Waals surface area contributed by atoms with Crippen LogP contribution in [-0.2, 0) is 0 Å². The summed E-state index contributed by atoms with van der Waals surface area (Å²) in [6.45, 7) is 6.58. The number of nitrogens with one attached hydrogen (secondary N) is 1. The summed E-state index contributed by atoms with van der Waals surface area (Å²) in [7, 11) is 0. The van der Waals surface area contributed by atoms with Crippen LogP contribution in [-0.4, -0.2) is 11.0 Å². The van der Waals surface area contributed by atoms with Crippen molar-refractivity contribution in [3.8, 4) is 0 Å². The molecule has 1 aromatic rings. The van der Waals surface area contributed by atoms with Gasteiger partial charge in [-0.05, 0) is 25.0 Å². The van der Waals surface area contributed by atoms with Gasteiger partial charge in [0.15, 0.2) is 0 Å². The number of rotatable bonds is 4. The minimum absolute atomic E-state index is 0.422.